The lowest BCUT2D eigenvalue weighted by molar-refractivity contribution is 0.0506. The van der Waals surface area contributed by atoms with E-state index >= 15 is 0 Å². The lowest BCUT2D eigenvalue weighted by Crippen LogP contribution is -2.53. The summed E-state index contributed by atoms with van der Waals surface area (Å²) in [6.07, 6.45) is 1.90. The predicted octanol–water partition coefficient (Wildman–Crippen LogP) is 5.92. The maximum Gasteiger partial charge on any atom is 0.407 e. The molecule has 2 aromatic heterocycles. The number of rotatable bonds is 4. The molecule has 1 fully saturated rings. The number of amides is 1. The molecular formula is C31H33FN4O4. The molecule has 0 atom stereocenters. The quantitative estimate of drug-likeness (QED) is 0.344. The number of hydrogen-bond donors (Lipinski definition) is 1. The number of pyridine rings is 1. The fraction of sp³-hybridized carbons (Fsp3) is 0.355. The first-order valence-electron chi connectivity index (χ1n) is 13.5. The van der Waals surface area contributed by atoms with Crippen LogP contribution in [0.15, 0.2) is 70.4 Å². The summed E-state index contributed by atoms with van der Waals surface area (Å²) in [6, 6.07) is 15.8. The average Bonchev–Trinajstić information content (AvgIpc) is 2.89. The maximum atomic E-state index is 14.3. The standard InChI is InChI=1S/C31H33FN4O4/c1-19-8-5-6-11-25(19)20-9-7-10-24(16-20)34-27-26(17-21(32)18-33-27)28(37)35(29(34)38)22-12-14-23(15-13-22)36(30(39)40)31(2,3)4/h5-11,16-18,22-23H,12-15H2,1-4H3,(H,39,40). The van der Waals surface area contributed by atoms with E-state index in [0.29, 0.717) is 31.4 Å². The zero-order valence-corrected chi connectivity index (χ0v) is 23.1. The van der Waals surface area contributed by atoms with Crippen LogP contribution in [0.3, 0.4) is 0 Å². The van der Waals surface area contributed by atoms with Gasteiger partial charge in [0.1, 0.15) is 5.82 Å². The first-order chi connectivity index (χ1) is 19.0. The van der Waals surface area contributed by atoms with Gasteiger partial charge in [0.25, 0.3) is 5.56 Å². The number of aromatic nitrogens is 3. The highest BCUT2D eigenvalue weighted by Gasteiger charge is 2.36. The molecule has 0 unspecified atom stereocenters. The molecule has 0 spiro atoms. The Balaban J connectivity index is 1.62. The molecule has 1 saturated carbocycles. The minimum absolute atomic E-state index is 0.0184. The van der Waals surface area contributed by atoms with Crippen molar-refractivity contribution in [2.24, 2.45) is 0 Å². The van der Waals surface area contributed by atoms with E-state index in [0.717, 1.165) is 29.0 Å². The molecule has 8 nitrogen and oxygen atoms in total. The Bertz CT molecular complexity index is 1710. The number of aryl methyl sites for hydroxylation is 1. The average molecular weight is 545 g/mol. The molecule has 0 aliphatic heterocycles. The van der Waals surface area contributed by atoms with Gasteiger partial charge in [-0.15, -0.1) is 0 Å². The highest BCUT2D eigenvalue weighted by atomic mass is 19.1. The smallest absolute Gasteiger partial charge is 0.407 e. The Morgan fingerprint density at radius 3 is 2.38 bits per heavy atom. The zero-order valence-electron chi connectivity index (χ0n) is 23.1. The van der Waals surface area contributed by atoms with Crippen molar-refractivity contribution < 1.29 is 14.3 Å². The van der Waals surface area contributed by atoms with E-state index in [1.54, 1.807) is 6.07 Å². The molecule has 4 aromatic rings. The van der Waals surface area contributed by atoms with Gasteiger partial charge in [0.2, 0.25) is 0 Å². The summed E-state index contributed by atoms with van der Waals surface area (Å²) < 4.78 is 16.9. The van der Waals surface area contributed by atoms with E-state index in [4.69, 9.17) is 0 Å². The van der Waals surface area contributed by atoms with Crippen LogP contribution in [-0.4, -0.2) is 41.8 Å². The normalized spacial score (nSPS) is 17.6. The molecule has 9 heteroatoms. The van der Waals surface area contributed by atoms with Crippen LogP contribution in [-0.2, 0) is 0 Å². The minimum Gasteiger partial charge on any atom is -0.465 e. The number of nitrogens with zero attached hydrogens (tertiary/aromatic N) is 4. The van der Waals surface area contributed by atoms with Gasteiger partial charge in [-0.3, -0.25) is 9.36 Å². The number of hydrogen-bond acceptors (Lipinski definition) is 4. The third kappa shape index (κ3) is 4.92. The van der Waals surface area contributed by atoms with E-state index in [-0.39, 0.29) is 17.1 Å². The van der Waals surface area contributed by atoms with Crippen molar-refractivity contribution in [1.29, 1.82) is 0 Å². The zero-order chi connectivity index (χ0) is 28.8. The summed E-state index contributed by atoms with van der Waals surface area (Å²) >= 11 is 0. The van der Waals surface area contributed by atoms with Crippen molar-refractivity contribution in [2.75, 3.05) is 0 Å². The van der Waals surface area contributed by atoms with Crippen molar-refractivity contribution in [3.05, 3.63) is 93.0 Å². The molecule has 5 rings (SSSR count). The van der Waals surface area contributed by atoms with Crippen molar-refractivity contribution in [3.8, 4) is 16.8 Å². The molecule has 0 bridgehead atoms. The summed E-state index contributed by atoms with van der Waals surface area (Å²) in [5, 5.41) is 9.85. The van der Waals surface area contributed by atoms with Crippen LogP contribution in [0, 0.1) is 12.7 Å². The SMILES string of the molecule is Cc1ccccc1-c1cccc(-n2c(=O)n(C3CCC(N(C(=O)O)C(C)(C)C)CC3)c(=O)c3cc(F)cnc32)c1. The molecule has 1 aliphatic rings. The van der Waals surface area contributed by atoms with Crippen molar-refractivity contribution >= 4 is 17.1 Å². The van der Waals surface area contributed by atoms with Crippen LogP contribution in [0.4, 0.5) is 9.18 Å². The fourth-order valence-corrected chi connectivity index (χ4v) is 6.01. The van der Waals surface area contributed by atoms with Gasteiger partial charge >= 0.3 is 11.8 Å². The van der Waals surface area contributed by atoms with E-state index in [2.05, 4.69) is 4.98 Å². The summed E-state index contributed by atoms with van der Waals surface area (Å²) in [6.45, 7) is 7.57. The Kier molecular flexibility index (Phi) is 7.08. The monoisotopic (exact) mass is 544 g/mol. The summed E-state index contributed by atoms with van der Waals surface area (Å²) in [7, 11) is 0. The Hall–Kier alpha value is -4.27. The van der Waals surface area contributed by atoms with Gasteiger partial charge < -0.3 is 10.0 Å². The first-order valence-corrected chi connectivity index (χ1v) is 13.5. The number of benzene rings is 2. The topological polar surface area (TPSA) is 97.4 Å². The van der Waals surface area contributed by atoms with Gasteiger partial charge in [-0.1, -0.05) is 36.4 Å². The Morgan fingerprint density at radius 1 is 1.02 bits per heavy atom. The second-order valence-electron chi connectivity index (χ2n) is 11.5. The highest BCUT2D eigenvalue weighted by molar-refractivity contribution is 5.77. The molecule has 0 radical (unpaired) electrons. The predicted molar refractivity (Wildman–Crippen MR) is 153 cm³/mol. The molecule has 2 aromatic carbocycles. The lowest BCUT2D eigenvalue weighted by atomic mass is 9.88. The van der Waals surface area contributed by atoms with Crippen molar-refractivity contribution in [2.45, 2.75) is 71.0 Å². The van der Waals surface area contributed by atoms with Gasteiger partial charge in [-0.05, 0) is 88.3 Å². The number of carboxylic acid groups (broad SMARTS) is 1. The van der Waals surface area contributed by atoms with Crippen LogP contribution in [0.25, 0.3) is 27.8 Å². The van der Waals surface area contributed by atoms with Crippen LogP contribution in [0.5, 0.6) is 0 Å². The number of fused-ring (bicyclic) bond motifs is 1. The molecule has 0 saturated heterocycles. The molecule has 1 amide bonds. The van der Waals surface area contributed by atoms with Crippen LogP contribution >= 0.6 is 0 Å². The second kappa shape index (κ2) is 10.4. The summed E-state index contributed by atoms with van der Waals surface area (Å²) in [5.74, 6) is -0.666. The molecule has 1 N–H and O–H groups in total. The van der Waals surface area contributed by atoms with Gasteiger partial charge in [-0.2, -0.15) is 0 Å². The first kappa shape index (κ1) is 27.3. The van der Waals surface area contributed by atoms with Crippen LogP contribution < -0.4 is 11.2 Å². The van der Waals surface area contributed by atoms with E-state index < -0.39 is 34.7 Å². The highest BCUT2D eigenvalue weighted by Crippen LogP contribution is 2.33. The van der Waals surface area contributed by atoms with E-state index in [1.165, 1.54) is 14.0 Å². The molecule has 2 heterocycles. The Morgan fingerprint density at radius 2 is 1.73 bits per heavy atom. The van der Waals surface area contributed by atoms with Crippen LogP contribution in [0.1, 0.15) is 58.1 Å². The lowest BCUT2D eigenvalue weighted by Gasteiger charge is -2.42. The number of halogens is 1. The van der Waals surface area contributed by atoms with Crippen molar-refractivity contribution in [3.63, 3.8) is 0 Å². The third-order valence-corrected chi connectivity index (χ3v) is 7.78. The minimum atomic E-state index is -0.990. The van der Waals surface area contributed by atoms with E-state index in [9.17, 15) is 23.9 Å². The van der Waals surface area contributed by atoms with Gasteiger partial charge in [0.05, 0.1) is 17.3 Å². The molecular weight excluding hydrogens is 511 g/mol. The largest absolute Gasteiger partial charge is 0.465 e. The fourth-order valence-electron chi connectivity index (χ4n) is 6.01. The van der Waals surface area contributed by atoms with E-state index in [1.807, 2.05) is 70.2 Å². The summed E-state index contributed by atoms with van der Waals surface area (Å²) in [4.78, 5) is 45.4. The third-order valence-electron chi connectivity index (χ3n) is 7.78. The molecule has 1 aliphatic carbocycles. The second-order valence-corrected chi connectivity index (χ2v) is 11.5. The molecule has 40 heavy (non-hydrogen) atoms. The van der Waals surface area contributed by atoms with Gasteiger partial charge in [0.15, 0.2) is 5.65 Å². The van der Waals surface area contributed by atoms with Gasteiger partial charge in [0, 0.05) is 17.6 Å². The molecule has 208 valence electrons. The summed E-state index contributed by atoms with van der Waals surface area (Å²) in [5.41, 5.74) is 1.86. The Labute approximate surface area is 231 Å². The van der Waals surface area contributed by atoms with Gasteiger partial charge in [-0.25, -0.2) is 23.5 Å². The number of carbonyl (C=O) groups is 1. The van der Waals surface area contributed by atoms with Crippen LogP contribution in [0.2, 0.25) is 0 Å². The maximum absolute atomic E-state index is 14.3. The van der Waals surface area contributed by atoms with Crippen molar-refractivity contribution in [1.82, 2.24) is 19.0 Å².